The zero-order chi connectivity index (χ0) is 13.9. The summed E-state index contributed by atoms with van der Waals surface area (Å²) in [5.74, 6) is 0.817. The molecule has 0 amide bonds. The Morgan fingerprint density at radius 1 is 1.05 bits per heavy atom. The van der Waals surface area contributed by atoms with Crippen LogP contribution in [0.3, 0.4) is 0 Å². The molecule has 112 valence electrons. The van der Waals surface area contributed by atoms with E-state index in [-0.39, 0.29) is 17.5 Å². The second-order valence-electron chi connectivity index (χ2n) is 6.26. The second kappa shape index (κ2) is 7.16. The van der Waals surface area contributed by atoms with Gasteiger partial charge < -0.3 is 0 Å². The second-order valence-corrected chi connectivity index (χ2v) is 10.1. The van der Waals surface area contributed by atoms with Crippen LogP contribution < -0.4 is 20.6 Å². The van der Waals surface area contributed by atoms with Gasteiger partial charge in [-0.2, -0.15) is 0 Å². The molecule has 1 aliphatic heterocycles. The SMILES string of the molecule is Cc1cccc2c1N([I-]I)C1CCCCCCCCC21. The van der Waals surface area contributed by atoms with E-state index in [1.165, 1.54) is 56.9 Å². The number of para-hydroxylation sites is 1. The Morgan fingerprint density at radius 2 is 1.75 bits per heavy atom. The van der Waals surface area contributed by atoms with Crippen LogP contribution in [-0.2, 0) is 0 Å². The molecule has 3 heteroatoms. The van der Waals surface area contributed by atoms with Crippen molar-refractivity contribution in [3.8, 4) is 0 Å². The predicted molar refractivity (Wildman–Crippen MR) is 91.1 cm³/mol. The Bertz CT molecular complexity index is 460. The van der Waals surface area contributed by atoms with Crippen molar-refractivity contribution in [3.05, 3.63) is 29.3 Å². The Balaban J connectivity index is 1.94. The van der Waals surface area contributed by atoms with Crippen molar-refractivity contribution in [2.45, 2.75) is 70.3 Å². The summed E-state index contributed by atoms with van der Waals surface area (Å²) in [7, 11) is 0. The third-order valence-electron chi connectivity index (χ3n) is 4.97. The summed E-state index contributed by atoms with van der Waals surface area (Å²) in [5.41, 5.74) is 4.79. The fourth-order valence-electron chi connectivity index (χ4n) is 3.97. The van der Waals surface area contributed by atoms with E-state index in [1.807, 2.05) is 0 Å². The summed E-state index contributed by atoms with van der Waals surface area (Å²) in [6.07, 6.45) is 11.5. The van der Waals surface area contributed by atoms with Crippen molar-refractivity contribution in [3.63, 3.8) is 0 Å². The van der Waals surface area contributed by atoms with Crippen molar-refractivity contribution in [2.24, 2.45) is 0 Å². The number of nitrogens with zero attached hydrogens (tertiary/aromatic N) is 1. The molecule has 0 aromatic heterocycles. The summed E-state index contributed by atoms with van der Waals surface area (Å²) in [6, 6.07) is 7.81. The van der Waals surface area contributed by atoms with Gasteiger partial charge in [-0.05, 0) is 0 Å². The van der Waals surface area contributed by atoms with Crippen LogP contribution in [0.5, 0.6) is 0 Å². The maximum atomic E-state index is 2.82. The molecule has 2 atom stereocenters. The molecule has 20 heavy (non-hydrogen) atoms. The van der Waals surface area contributed by atoms with Gasteiger partial charge >= 0.3 is 144 Å². The predicted octanol–water partition coefficient (Wildman–Crippen LogP) is 2.76. The van der Waals surface area contributed by atoms with Gasteiger partial charge in [0.15, 0.2) is 0 Å². The molecular formula is C17H24I2N-. The minimum absolute atomic E-state index is 0.118. The van der Waals surface area contributed by atoms with Gasteiger partial charge in [0.05, 0.1) is 0 Å². The molecule has 1 aromatic rings. The van der Waals surface area contributed by atoms with E-state index < -0.39 is 0 Å². The van der Waals surface area contributed by atoms with E-state index in [1.54, 1.807) is 11.3 Å². The van der Waals surface area contributed by atoms with Crippen LogP contribution in [0.1, 0.15) is 68.4 Å². The number of hydrogen-bond acceptors (Lipinski definition) is 1. The Hall–Kier alpha value is 0.480. The van der Waals surface area contributed by atoms with Gasteiger partial charge in [-0.1, -0.05) is 0 Å². The molecule has 1 nitrogen and oxygen atoms in total. The van der Waals surface area contributed by atoms with E-state index >= 15 is 0 Å². The Morgan fingerprint density at radius 3 is 2.50 bits per heavy atom. The van der Waals surface area contributed by atoms with Crippen molar-refractivity contribution in [1.29, 1.82) is 0 Å². The third kappa shape index (κ3) is 2.99. The molecule has 0 bridgehead atoms. The summed E-state index contributed by atoms with van der Waals surface area (Å²) >= 11 is 2.79. The van der Waals surface area contributed by atoms with E-state index in [9.17, 15) is 0 Å². The number of anilines is 1. The summed E-state index contributed by atoms with van der Waals surface area (Å²) < 4.78 is 2.82. The normalized spacial score (nSPS) is 27.2. The van der Waals surface area contributed by atoms with Gasteiger partial charge in [-0.25, -0.2) is 0 Å². The van der Waals surface area contributed by atoms with Crippen LogP contribution in [0.15, 0.2) is 18.2 Å². The molecule has 0 spiro atoms. The first-order chi connectivity index (χ1) is 9.83. The molecule has 0 saturated heterocycles. The number of halogens is 2. The quantitative estimate of drug-likeness (QED) is 0.428. The molecule has 0 radical (unpaired) electrons. The molecule has 2 aliphatic rings. The van der Waals surface area contributed by atoms with Crippen LogP contribution in [0.2, 0.25) is 0 Å². The maximum absolute atomic E-state index is 2.82. The van der Waals surface area contributed by atoms with Gasteiger partial charge in [0, 0.05) is 0 Å². The first-order valence-electron chi connectivity index (χ1n) is 7.98. The first kappa shape index (κ1) is 15.4. The fourth-order valence-corrected chi connectivity index (χ4v) is 8.79. The van der Waals surface area contributed by atoms with Gasteiger partial charge in [0.25, 0.3) is 0 Å². The molecule has 2 unspecified atom stereocenters. The monoisotopic (exact) mass is 496 g/mol. The Kier molecular flexibility index (Phi) is 5.51. The molecule has 1 heterocycles. The molecule has 1 aromatic carbocycles. The number of fused-ring (bicyclic) bond motifs is 3. The van der Waals surface area contributed by atoms with E-state index in [0.717, 1.165) is 12.0 Å². The van der Waals surface area contributed by atoms with Crippen LogP contribution in [0.4, 0.5) is 5.69 Å². The summed E-state index contributed by atoms with van der Waals surface area (Å²) in [6.45, 7) is 2.30. The third-order valence-corrected chi connectivity index (χ3v) is 9.20. The van der Waals surface area contributed by atoms with Crippen molar-refractivity contribution >= 4 is 24.3 Å². The Labute approximate surface area is 143 Å². The van der Waals surface area contributed by atoms with Crippen LogP contribution in [0.25, 0.3) is 0 Å². The van der Waals surface area contributed by atoms with Crippen molar-refractivity contribution < 1.29 is 17.5 Å². The first-order valence-corrected chi connectivity index (χ1v) is 15.2. The average molecular weight is 496 g/mol. The number of rotatable bonds is 1. The van der Waals surface area contributed by atoms with E-state index in [0.29, 0.717) is 0 Å². The van der Waals surface area contributed by atoms with Crippen molar-refractivity contribution in [2.75, 3.05) is 3.11 Å². The molecule has 1 aliphatic carbocycles. The van der Waals surface area contributed by atoms with Crippen LogP contribution in [0, 0.1) is 6.92 Å². The molecule has 3 rings (SSSR count). The number of hydrogen-bond donors (Lipinski definition) is 0. The zero-order valence-electron chi connectivity index (χ0n) is 12.2. The fraction of sp³-hybridized carbons (Fsp3) is 0.647. The molecular weight excluding hydrogens is 472 g/mol. The van der Waals surface area contributed by atoms with E-state index in [2.05, 4.69) is 46.9 Å². The number of benzene rings is 1. The van der Waals surface area contributed by atoms with Crippen LogP contribution in [-0.4, -0.2) is 6.04 Å². The summed E-state index contributed by atoms with van der Waals surface area (Å²) in [5, 5.41) is 0. The van der Waals surface area contributed by atoms with Crippen LogP contribution >= 0.6 is 18.6 Å². The average Bonchev–Trinajstić information content (AvgIpc) is 2.78. The molecule has 0 N–H and O–H groups in total. The van der Waals surface area contributed by atoms with Gasteiger partial charge in [-0.3, -0.25) is 0 Å². The molecule has 1 fully saturated rings. The standard InChI is InChI=1S/C17H24I2N/c1-13-9-8-11-15-14-10-6-4-2-3-5-7-12-16(14)20(19-18)17(13)15/h8-9,11,14,16H,2-7,10,12H2,1H3/q-1. The number of aryl methyl sites for hydroxylation is 1. The van der Waals surface area contributed by atoms with Gasteiger partial charge in [0.1, 0.15) is 0 Å². The van der Waals surface area contributed by atoms with Gasteiger partial charge in [-0.15, -0.1) is 0 Å². The van der Waals surface area contributed by atoms with E-state index in [4.69, 9.17) is 0 Å². The topological polar surface area (TPSA) is 3.24 Å². The van der Waals surface area contributed by atoms with Crippen molar-refractivity contribution in [1.82, 2.24) is 0 Å². The zero-order valence-corrected chi connectivity index (χ0v) is 16.6. The molecule has 1 saturated carbocycles. The minimum atomic E-state index is 0.118. The van der Waals surface area contributed by atoms with Gasteiger partial charge in [0.2, 0.25) is 0 Å². The summed E-state index contributed by atoms with van der Waals surface area (Å²) in [4.78, 5) is 0.